The van der Waals surface area contributed by atoms with Gasteiger partial charge in [0.1, 0.15) is 0 Å². The van der Waals surface area contributed by atoms with Crippen molar-refractivity contribution in [1.29, 1.82) is 0 Å². The molecule has 1 aromatic carbocycles. The van der Waals surface area contributed by atoms with E-state index < -0.39 is 0 Å². The molecular formula is C20H26N4O. The predicted octanol–water partition coefficient (Wildman–Crippen LogP) is 4.11. The molecule has 1 unspecified atom stereocenters. The third-order valence-corrected chi connectivity index (χ3v) is 5.00. The summed E-state index contributed by atoms with van der Waals surface area (Å²) < 4.78 is 0. The number of carbonyl (C=O) groups excluding carboxylic acids is 1. The standard InChI is InChI=1S/C20H26N4O/c1-4-16-10-5-6-13-24(16)18-12-11-17(22-23-18)20(25)21-19-14(2)8-7-9-15(19)3/h7-9,11-12,16H,4-6,10,13H2,1-3H3,(H,21,25). The van der Waals surface area contributed by atoms with E-state index in [1.54, 1.807) is 6.07 Å². The molecule has 1 aliphatic rings. The average molecular weight is 338 g/mol. The van der Waals surface area contributed by atoms with Crippen LogP contribution in [0.25, 0.3) is 0 Å². The Morgan fingerprint density at radius 3 is 2.56 bits per heavy atom. The number of benzene rings is 1. The van der Waals surface area contributed by atoms with E-state index in [4.69, 9.17) is 0 Å². The van der Waals surface area contributed by atoms with Crippen molar-refractivity contribution in [3.8, 4) is 0 Å². The van der Waals surface area contributed by atoms with Crippen molar-refractivity contribution >= 4 is 17.4 Å². The molecule has 3 rings (SSSR count). The van der Waals surface area contributed by atoms with Gasteiger partial charge in [-0.2, -0.15) is 0 Å². The van der Waals surface area contributed by atoms with E-state index in [-0.39, 0.29) is 5.91 Å². The fourth-order valence-corrected chi connectivity index (χ4v) is 3.52. The highest BCUT2D eigenvalue weighted by Gasteiger charge is 2.22. The van der Waals surface area contributed by atoms with Crippen LogP contribution in [0.2, 0.25) is 0 Å². The van der Waals surface area contributed by atoms with Gasteiger partial charge in [0.15, 0.2) is 11.5 Å². The quantitative estimate of drug-likeness (QED) is 0.911. The Bertz CT molecular complexity index is 722. The maximum absolute atomic E-state index is 12.5. The van der Waals surface area contributed by atoms with E-state index in [1.165, 1.54) is 19.3 Å². The monoisotopic (exact) mass is 338 g/mol. The van der Waals surface area contributed by atoms with Crippen molar-refractivity contribution < 1.29 is 4.79 Å². The number of aromatic nitrogens is 2. The van der Waals surface area contributed by atoms with Gasteiger partial charge >= 0.3 is 0 Å². The zero-order valence-corrected chi connectivity index (χ0v) is 15.2. The van der Waals surface area contributed by atoms with Crippen LogP contribution in [0.4, 0.5) is 11.5 Å². The minimum Gasteiger partial charge on any atom is -0.352 e. The molecule has 1 fully saturated rings. The van der Waals surface area contributed by atoms with Crippen LogP contribution < -0.4 is 10.2 Å². The Kier molecular flexibility index (Phi) is 5.31. The van der Waals surface area contributed by atoms with Crippen molar-refractivity contribution in [2.45, 2.75) is 52.5 Å². The molecule has 0 aliphatic carbocycles. The Labute approximate surface area is 149 Å². The molecular weight excluding hydrogens is 312 g/mol. The van der Waals surface area contributed by atoms with E-state index in [9.17, 15) is 4.79 Å². The lowest BCUT2D eigenvalue weighted by molar-refractivity contribution is 0.102. The van der Waals surface area contributed by atoms with Gasteiger partial charge in [-0.05, 0) is 62.8 Å². The summed E-state index contributed by atoms with van der Waals surface area (Å²) in [6, 6.07) is 10.2. The summed E-state index contributed by atoms with van der Waals surface area (Å²) in [6.07, 6.45) is 4.77. The lowest BCUT2D eigenvalue weighted by atomic mass is 10.0. The van der Waals surface area contributed by atoms with Gasteiger partial charge in [-0.15, -0.1) is 10.2 Å². The molecule has 132 valence electrons. The highest BCUT2D eigenvalue weighted by molar-refractivity contribution is 6.03. The molecule has 0 bridgehead atoms. The normalized spacial score (nSPS) is 17.4. The summed E-state index contributed by atoms with van der Waals surface area (Å²) in [7, 11) is 0. The van der Waals surface area contributed by atoms with Crippen LogP contribution in [0, 0.1) is 13.8 Å². The Hall–Kier alpha value is -2.43. The lowest BCUT2D eigenvalue weighted by Crippen LogP contribution is -2.39. The number of para-hydroxylation sites is 1. The highest BCUT2D eigenvalue weighted by atomic mass is 16.1. The molecule has 0 spiro atoms. The van der Waals surface area contributed by atoms with Crippen LogP contribution in [0.1, 0.15) is 54.2 Å². The average Bonchev–Trinajstić information content (AvgIpc) is 2.65. The summed E-state index contributed by atoms with van der Waals surface area (Å²) >= 11 is 0. The zero-order chi connectivity index (χ0) is 17.8. The molecule has 1 aliphatic heterocycles. The number of amides is 1. The molecule has 1 saturated heterocycles. The van der Waals surface area contributed by atoms with Gasteiger partial charge in [0.2, 0.25) is 0 Å². The molecule has 5 nitrogen and oxygen atoms in total. The fraction of sp³-hybridized carbons (Fsp3) is 0.450. The van der Waals surface area contributed by atoms with Crippen molar-refractivity contribution in [2.75, 3.05) is 16.8 Å². The molecule has 1 atom stereocenters. The van der Waals surface area contributed by atoms with Crippen molar-refractivity contribution in [1.82, 2.24) is 10.2 Å². The lowest BCUT2D eigenvalue weighted by Gasteiger charge is -2.35. The highest BCUT2D eigenvalue weighted by Crippen LogP contribution is 2.25. The second kappa shape index (κ2) is 7.64. The second-order valence-corrected chi connectivity index (χ2v) is 6.75. The maximum atomic E-state index is 12.5. The first-order chi connectivity index (χ1) is 12.1. The minimum absolute atomic E-state index is 0.220. The largest absolute Gasteiger partial charge is 0.352 e. The number of nitrogens with zero attached hydrogens (tertiary/aromatic N) is 3. The van der Waals surface area contributed by atoms with Crippen LogP contribution in [-0.4, -0.2) is 28.7 Å². The minimum atomic E-state index is -0.220. The van der Waals surface area contributed by atoms with Crippen LogP contribution in [-0.2, 0) is 0 Å². The summed E-state index contributed by atoms with van der Waals surface area (Å²) in [5.41, 5.74) is 3.27. The van der Waals surface area contributed by atoms with Gasteiger partial charge in [0.25, 0.3) is 5.91 Å². The number of hydrogen-bond donors (Lipinski definition) is 1. The topological polar surface area (TPSA) is 58.1 Å². The van der Waals surface area contributed by atoms with E-state index in [0.717, 1.165) is 35.6 Å². The fourth-order valence-electron chi connectivity index (χ4n) is 3.52. The van der Waals surface area contributed by atoms with Crippen molar-refractivity contribution in [2.24, 2.45) is 0 Å². The first kappa shape index (κ1) is 17.4. The Balaban J connectivity index is 1.74. The van der Waals surface area contributed by atoms with Crippen LogP contribution in [0.3, 0.4) is 0 Å². The van der Waals surface area contributed by atoms with Crippen LogP contribution in [0.15, 0.2) is 30.3 Å². The number of carbonyl (C=O) groups is 1. The smallest absolute Gasteiger partial charge is 0.276 e. The number of anilines is 2. The van der Waals surface area contributed by atoms with Gasteiger partial charge in [-0.3, -0.25) is 4.79 Å². The molecule has 2 heterocycles. The second-order valence-electron chi connectivity index (χ2n) is 6.75. The van der Waals surface area contributed by atoms with Gasteiger partial charge in [-0.1, -0.05) is 25.1 Å². The number of piperidine rings is 1. The van der Waals surface area contributed by atoms with Crippen LogP contribution in [0.5, 0.6) is 0 Å². The number of aryl methyl sites for hydroxylation is 2. The van der Waals surface area contributed by atoms with Gasteiger partial charge in [0, 0.05) is 18.3 Å². The Morgan fingerprint density at radius 1 is 1.16 bits per heavy atom. The number of hydrogen-bond acceptors (Lipinski definition) is 4. The van der Waals surface area contributed by atoms with E-state index in [0.29, 0.717) is 11.7 Å². The predicted molar refractivity (Wildman–Crippen MR) is 101 cm³/mol. The number of nitrogens with one attached hydrogen (secondary N) is 1. The van der Waals surface area contributed by atoms with E-state index in [2.05, 4.69) is 27.3 Å². The summed E-state index contributed by atoms with van der Waals surface area (Å²) in [4.78, 5) is 14.8. The van der Waals surface area contributed by atoms with Gasteiger partial charge in [0.05, 0.1) is 0 Å². The third-order valence-electron chi connectivity index (χ3n) is 5.00. The molecule has 2 aromatic rings. The number of rotatable bonds is 4. The first-order valence-corrected chi connectivity index (χ1v) is 9.08. The molecule has 0 radical (unpaired) electrons. The third kappa shape index (κ3) is 3.81. The van der Waals surface area contributed by atoms with Gasteiger partial charge < -0.3 is 10.2 Å². The van der Waals surface area contributed by atoms with Crippen LogP contribution >= 0.6 is 0 Å². The molecule has 25 heavy (non-hydrogen) atoms. The maximum Gasteiger partial charge on any atom is 0.276 e. The van der Waals surface area contributed by atoms with Crippen molar-refractivity contribution in [3.63, 3.8) is 0 Å². The van der Waals surface area contributed by atoms with Crippen molar-refractivity contribution in [3.05, 3.63) is 47.2 Å². The molecule has 1 N–H and O–H groups in total. The van der Waals surface area contributed by atoms with Gasteiger partial charge in [-0.25, -0.2) is 0 Å². The molecule has 0 saturated carbocycles. The summed E-state index contributed by atoms with van der Waals surface area (Å²) in [6.45, 7) is 7.20. The zero-order valence-electron chi connectivity index (χ0n) is 15.2. The molecule has 5 heteroatoms. The SMILES string of the molecule is CCC1CCCCN1c1ccc(C(=O)Nc2c(C)cccc2C)nn1. The van der Waals surface area contributed by atoms with E-state index >= 15 is 0 Å². The van der Waals surface area contributed by atoms with E-state index in [1.807, 2.05) is 38.1 Å². The summed E-state index contributed by atoms with van der Waals surface area (Å²) in [5, 5.41) is 11.5. The Morgan fingerprint density at radius 2 is 1.92 bits per heavy atom. The summed E-state index contributed by atoms with van der Waals surface area (Å²) in [5.74, 6) is 0.650. The molecule has 1 aromatic heterocycles. The first-order valence-electron chi connectivity index (χ1n) is 9.08. The molecule has 1 amide bonds.